The molecule has 0 bridgehead atoms. The molecule has 0 saturated carbocycles. The van der Waals surface area contributed by atoms with E-state index < -0.39 is 0 Å². The topological polar surface area (TPSA) is 68.2 Å². The van der Waals surface area contributed by atoms with Crippen molar-refractivity contribution >= 4 is 11.6 Å². The van der Waals surface area contributed by atoms with Gasteiger partial charge in [-0.1, -0.05) is 6.07 Å². The molecule has 0 spiro atoms. The van der Waals surface area contributed by atoms with Gasteiger partial charge in [-0.15, -0.1) is 0 Å². The number of anilines is 1. The third kappa shape index (κ3) is 3.23. The summed E-state index contributed by atoms with van der Waals surface area (Å²) < 4.78 is 0. The summed E-state index contributed by atoms with van der Waals surface area (Å²) in [7, 11) is 0. The Morgan fingerprint density at radius 2 is 2.38 bits per heavy atom. The number of piperidine rings is 1. The Balaban J connectivity index is 1.59. The van der Waals surface area contributed by atoms with Gasteiger partial charge in [-0.2, -0.15) is 5.26 Å². The molecule has 0 aliphatic carbocycles. The molecule has 0 radical (unpaired) electrons. The Bertz CT molecular complexity index is 566. The normalized spacial score (nSPS) is 25.1. The minimum absolute atomic E-state index is 0.00219. The van der Waals surface area contributed by atoms with Crippen LogP contribution in [-0.2, 0) is 4.79 Å². The molecule has 2 saturated heterocycles. The maximum absolute atomic E-state index is 12.2. The minimum Gasteiger partial charge on any atom is -0.325 e. The lowest BCUT2D eigenvalue weighted by Crippen LogP contribution is -2.48. The Kier molecular flexibility index (Phi) is 4.18. The number of benzene rings is 1. The number of rotatable bonds is 3. The molecule has 1 aromatic rings. The van der Waals surface area contributed by atoms with Crippen molar-refractivity contribution in [3.05, 3.63) is 29.8 Å². The maximum atomic E-state index is 12.2. The second-order valence-electron chi connectivity index (χ2n) is 5.84. The third-order valence-electron chi connectivity index (χ3n) is 4.42. The van der Waals surface area contributed by atoms with Gasteiger partial charge in [0, 0.05) is 18.3 Å². The van der Waals surface area contributed by atoms with Gasteiger partial charge >= 0.3 is 0 Å². The van der Waals surface area contributed by atoms with Crippen molar-refractivity contribution in [1.29, 1.82) is 5.26 Å². The van der Waals surface area contributed by atoms with Gasteiger partial charge in [0.25, 0.3) is 0 Å². The second kappa shape index (κ2) is 6.25. The fourth-order valence-electron chi connectivity index (χ4n) is 3.41. The van der Waals surface area contributed by atoms with Crippen LogP contribution in [0.4, 0.5) is 5.69 Å². The highest BCUT2D eigenvalue weighted by molar-refractivity contribution is 5.92. The fourth-order valence-corrected chi connectivity index (χ4v) is 3.41. The van der Waals surface area contributed by atoms with Gasteiger partial charge in [0.2, 0.25) is 5.91 Å². The van der Waals surface area contributed by atoms with Crippen LogP contribution in [0.1, 0.15) is 18.4 Å². The molecule has 1 aromatic carbocycles. The predicted molar refractivity (Wildman–Crippen MR) is 80.7 cm³/mol. The van der Waals surface area contributed by atoms with Crippen molar-refractivity contribution in [3.8, 4) is 6.07 Å². The number of hydrogen-bond acceptors (Lipinski definition) is 4. The van der Waals surface area contributed by atoms with Crippen molar-refractivity contribution in [1.82, 2.24) is 10.2 Å². The SMILES string of the molecule is N#Cc1cccc(NC(=O)CN2CCCC3CNCC32)c1. The number of likely N-dealkylation sites (tertiary alicyclic amines) is 1. The van der Waals surface area contributed by atoms with E-state index in [1.165, 1.54) is 12.8 Å². The predicted octanol–water partition coefficient (Wildman–Crippen LogP) is 1.18. The van der Waals surface area contributed by atoms with Crippen LogP contribution in [0.2, 0.25) is 0 Å². The van der Waals surface area contributed by atoms with Crippen molar-refractivity contribution in [2.24, 2.45) is 5.92 Å². The number of nitrogens with zero attached hydrogens (tertiary/aromatic N) is 2. The number of fused-ring (bicyclic) bond motifs is 1. The summed E-state index contributed by atoms with van der Waals surface area (Å²) in [4.78, 5) is 14.5. The molecule has 5 heteroatoms. The van der Waals surface area contributed by atoms with Crippen molar-refractivity contribution in [2.75, 3.05) is 31.5 Å². The molecule has 2 heterocycles. The first-order chi connectivity index (χ1) is 10.3. The van der Waals surface area contributed by atoms with E-state index in [1.54, 1.807) is 18.2 Å². The van der Waals surface area contributed by atoms with Crippen LogP contribution >= 0.6 is 0 Å². The summed E-state index contributed by atoms with van der Waals surface area (Å²) in [5.74, 6) is 0.686. The summed E-state index contributed by atoms with van der Waals surface area (Å²) in [5, 5.41) is 15.2. The maximum Gasteiger partial charge on any atom is 0.238 e. The van der Waals surface area contributed by atoms with Crippen molar-refractivity contribution < 1.29 is 4.79 Å². The Morgan fingerprint density at radius 1 is 1.48 bits per heavy atom. The lowest BCUT2D eigenvalue weighted by Gasteiger charge is -2.36. The van der Waals surface area contributed by atoms with E-state index in [4.69, 9.17) is 5.26 Å². The number of amides is 1. The molecule has 5 nitrogen and oxygen atoms in total. The quantitative estimate of drug-likeness (QED) is 0.874. The van der Waals surface area contributed by atoms with Gasteiger partial charge in [-0.05, 0) is 50.0 Å². The van der Waals surface area contributed by atoms with Crippen molar-refractivity contribution in [2.45, 2.75) is 18.9 Å². The van der Waals surface area contributed by atoms with E-state index in [1.807, 2.05) is 6.07 Å². The van der Waals surface area contributed by atoms with Gasteiger partial charge in [0.15, 0.2) is 0 Å². The zero-order chi connectivity index (χ0) is 14.7. The number of nitriles is 1. The zero-order valence-corrected chi connectivity index (χ0v) is 12.0. The molecule has 2 aliphatic rings. The Labute approximate surface area is 124 Å². The van der Waals surface area contributed by atoms with E-state index in [-0.39, 0.29) is 5.91 Å². The first-order valence-corrected chi connectivity index (χ1v) is 7.51. The molecule has 3 rings (SSSR count). The van der Waals surface area contributed by atoms with Gasteiger partial charge in [-0.3, -0.25) is 9.69 Å². The van der Waals surface area contributed by atoms with Crippen LogP contribution in [-0.4, -0.2) is 43.0 Å². The third-order valence-corrected chi connectivity index (χ3v) is 4.42. The van der Waals surface area contributed by atoms with E-state index >= 15 is 0 Å². The van der Waals surface area contributed by atoms with Crippen LogP contribution in [0.5, 0.6) is 0 Å². The summed E-state index contributed by atoms with van der Waals surface area (Å²) in [6.45, 7) is 3.49. The number of nitrogens with one attached hydrogen (secondary N) is 2. The fraction of sp³-hybridized carbons (Fsp3) is 0.500. The molecule has 2 N–H and O–H groups in total. The van der Waals surface area contributed by atoms with Gasteiger partial charge in [0.1, 0.15) is 0 Å². The molecular weight excluding hydrogens is 264 g/mol. The Hall–Kier alpha value is -1.90. The molecule has 2 atom stereocenters. The van der Waals surface area contributed by atoms with Gasteiger partial charge in [0.05, 0.1) is 18.2 Å². The number of hydrogen-bond donors (Lipinski definition) is 2. The molecular formula is C16H20N4O. The molecule has 0 aromatic heterocycles. The lowest BCUT2D eigenvalue weighted by atomic mass is 9.92. The monoisotopic (exact) mass is 284 g/mol. The largest absolute Gasteiger partial charge is 0.325 e. The van der Waals surface area contributed by atoms with E-state index in [2.05, 4.69) is 21.6 Å². The van der Waals surface area contributed by atoms with Crippen molar-refractivity contribution in [3.63, 3.8) is 0 Å². The summed E-state index contributed by atoms with van der Waals surface area (Å²) in [5.41, 5.74) is 1.25. The highest BCUT2D eigenvalue weighted by Crippen LogP contribution is 2.26. The van der Waals surface area contributed by atoms with Crippen LogP contribution in [0.25, 0.3) is 0 Å². The average molecular weight is 284 g/mol. The van der Waals surface area contributed by atoms with Gasteiger partial charge in [-0.25, -0.2) is 0 Å². The second-order valence-corrected chi connectivity index (χ2v) is 5.84. The molecule has 21 heavy (non-hydrogen) atoms. The summed E-state index contributed by atoms with van der Waals surface area (Å²) >= 11 is 0. The zero-order valence-electron chi connectivity index (χ0n) is 12.0. The lowest BCUT2D eigenvalue weighted by molar-refractivity contribution is -0.118. The van der Waals surface area contributed by atoms with Crippen LogP contribution < -0.4 is 10.6 Å². The van der Waals surface area contributed by atoms with Crippen LogP contribution in [0, 0.1) is 17.2 Å². The summed E-state index contributed by atoms with van der Waals surface area (Å²) in [6, 6.07) is 9.61. The highest BCUT2D eigenvalue weighted by Gasteiger charge is 2.35. The average Bonchev–Trinajstić information content (AvgIpc) is 2.97. The van der Waals surface area contributed by atoms with Gasteiger partial charge < -0.3 is 10.6 Å². The molecule has 2 unspecified atom stereocenters. The number of carbonyl (C=O) groups is 1. The van der Waals surface area contributed by atoms with E-state index in [9.17, 15) is 4.79 Å². The molecule has 2 aliphatic heterocycles. The minimum atomic E-state index is -0.00219. The standard InChI is InChI=1S/C16H20N4O/c17-8-12-3-1-5-14(7-12)19-16(21)11-20-6-2-4-13-9-18-10-15(13)20/h1,3,5,7,13,15,18H,2,4,6,9-11H2,(H,19,21). The van der Waals surface area contributed by atoms with E-state index in [0.29, 0.717) is 29.8 Å². The molecule has 2 fully saturated rings. The molecule has 110 valence electrons. The van der Waals surface area contributed by atoms with Crippen LogP contribution in [0.3, 0.4) is 0 Å². The first-order valence-electron chi connectivity index (χ1n) is 7.51. The highest BCUT2D eigenvalue weighted by atomic mass is 16.2. The smallest absolute Gasteiger partial charge is 0.238 e. The van der Waals surface area contributed by atoms with Crippen LogP contribution in [0.15, 0.2) is 24.3 Å². The summed E-state index contributed by atoms with van der Waals surface area (Å²) in [6.07, 6.45) is 2.43. The number of carbonyl (C=O) groups excluding carboxylic acids is 1. The first kappa shape index (κ1) is 14.1. The van der Waals surface area contributed by atoms with E-state index in [0.717, 1.165) is 19.6 Å². The Morgan fingerprint density at radius 3 is 3.24 bits per heavy atom. The molecule has 1 amide bonds.